The van der Waals surface area contributed by atoms with Crippen molar-refractivity contribution < 1.29 is 17.9 Å². The van der Waals surface area contributed by atoms with Gasteiger partial charge in [0.2, 0.25) is 5.91 Å². The van der Waals surface area contributed by atoms with Crippen LogP contribution in [0.2, 0.25) is 0 Å². The Bertz CT molecular complexity index is 886. The monoisotopic (exact) mass is 426 g/mol. The molecule has 1 fully saturated rings. The minimum absolute atomic E-state index is 0.0276. The number of sulfonamides is 1. The number of ether oxygens (including phenoxy) is 1. The standard InChI is InChI=1S/C18H22N2O4S3/c1-14-3-8-18(26-14)27(22,23)20-11-9-19(10-12-20)17(21)13-25-16-6-4-15(24-2)5-7-16/h3-8H,9-13H2,1-2H3. The first-order valence-electron chi connectivity index (χ1n) is 8.51. The van der Waals surface area contributed by atoms with Crippen LogP contribution >= 0.6 is 23.1 Å². The van der Waals surface area contributed by atoms with Gasteiger partial charge in [0.25, 0.3) is 10.0 Å². The van der Waals surface area contributed by atoms with E-state index in [1.54, 1.807) is 18.1 Å². The van der Waals surface area contributed by atoms with Gasteiger partial charge < -0.3 is 9.64 Å². The maximum Gasteiger partial charge on any atom is 0.252 e. The second-order valence-corrected chi connectivity index (χ2v) is 10.6. The minimum Gasteiger partial charge on any atom is -0.497 e. The van der Waals surface area contributed by atoms with Crippen molar-refractivity contribution >= 4 is 39.0 Å². The van der Waals surface area contributed by atoms with Crippen molar-refractivity contribution in [3.05, 3.63) is 41.3 Å². The van der Waals surface area contributed by atoms with Crippen LogP contribution in [-0.2, 0) is 14.8 Å². The summed E-state index contributed by atoms with van der Waals surface area (Å²) in [6, 6.07) is 11.0. The van der Waals surface area contributed by atoms with Crippen molar-refractivity contribution in [2.75, 3.05) is 39.0 Å². The molecular weight excluding hydrogens is 404 g/mol. The number of benzene rings is 1. The van der Waals surface area contributed by atoms with Crippen LogP contribution in [0.25, 0.3) is 0 Å². The van der Waals surface area contributed by atoms with Gasteiger partial charge in [0, 0.05) is 36.0 Å². The molecule has 2 heterocycles. The highest BCUT2D eigenvalue weighted by Gasteiger charge is 2.30. The molecule has 1 aromatic heterocycles. The average molecular weight is 427 g/mol. The molecule has 1 aromatic carbocycles. The van der Waals surface area contributed by atoms with Crippen LogP contribution < -0.4 is 4.74 Å². The summed E-state index contributed by atoms with van der Waals surface area (Å²) < 4.78 is 32.3. The van der Waals surface area contributed by atoms with Crippen LogP contribution in [-0.4, -0.2) is 62.6 Å². The van der Waals surface area contributed by atoms with Gasteiger partial charge in [-0.05, 0) is 43.3 Å². The third-order valence-corrected chi connectivity index (χ3v) is 8.69. The number of methoxy groups -OCH3 is 1. The van der Waals surface area contributed by atoms with E-state index in [4.69, 9.17) is 4.74 Å². The first kappa shape index (κ1) is 20.2. The molecule has 1 aliphatic rings. The molecule has 6 nitrogen and oxygen atoms in total. The smallest absolute Gasteiger partial charge is 0.252 e. The lowest BCUT2D eigenvalue weighted by Crippen LogP contribution is -2.50. The molecule has 0 N–H and O–H groups in total. The molecule has 3 rings (SSSR count). The molecule has 0 unspecified atom stereocenters. The Morgan fingerprint density at radius 1 is 1.11 bits per heavy atom. The normalized spacial score (nSPS) is 15.7. The quantitative estimate of drug-likeness (QED) is 0.665. The van der Waals surface area contributed by atoms with Gasteiger partial charge in [-0.2, -0.15) is 4.31 Å². The number of thiophene rings is 1. The number of rotatable bonds is 6. The van der Waals surface area contributed by atoms with Crippen molar-refractivity contribution in [2.45, 2.75) is 16.0 Å². The molecule has 0 radical (unpaired) electrons. The Kier molecular flexibility index (Phi) is 6.46. The van der Waals surface area contributed by atoms with Gasteiger partial charge in [0.15, 0.2) is 0 Å². The second-order valence-electron chi connectivity index (χ2n) is 6.11. The fourth-order valence-electron chi connectivity index (χ4n) is 2.76. The Morgan fingerprint density at radius 2 is 1.78 bits per heavy atom. The van der Waals surface area contributed by atoms with Gasteiger partial charge in [-0.25, -0.2) is 8.42 Å². The van der Waals surface area contributed by atoms with Crippen LogP contribution in [0.3, 0.4) is 0 Å². The van der Waals surface area contributed by atoms with E-state index in [-0.39, 0.29) is 5.91 Å². The summed E-state index contributed by atoms with van der Waals surface area (Å²) in [5, 5.41) is 0. The van der Waals surface area contributed by atoms with E-state index in [2.05, 4.69) is 0 Å². The van der Waals surface area contributed by atoms with Gasteiger partial charge >= 0.3 is 0 Å². The molecule has 9 heteroatoms. The van der Waals surface area contributed by atoms with E-state index in [9.17, 15) is 13.2 Å². The fourth-order valence-corrected chi connectivity index (χ4v) is 6.43. The van der Waals surface area contributed by atoms with E-state index >= 15 is 0 Å². The largest absolute Gasteiger partial charge is 0.497 e. The summed E-state index contributed by atoms with van der Waals surface area (Å²) >= 11 is 2.75. The molecule has 0 saturated carbocycles. The summed E-state index contributed by atoms with van der Waals surface area (Å²) in [4.78, 5) is 16.1. The first-order chi connectivity index (χ1) is 12.9. The highest BCUT2D eigenvalue weighted by molar-refractivity contribution is 8.00. The SMILES string of the molecule is COc1ccc(SCC(=O)N2CCN(S(=O)(=O)c3ccc(C)s3)CC2)cc1. The van der Waals surface area contributed by atoms with Crippen LogP contribution in [0.1, 0.15) is 4.88 Å². The van der Waals surface area contributed by atoms with Gasteiger partial charge in [0.05, 0.1) is 12.9 Å². The molecule has 0 aliphatic carbocycles. The lowest BCUT2D eigenvalue weighted by Gasteiger charge is -2.33. The van der Waals surface area contributed by atoms with Crippen LogP contribution in [0.4, 0.5) is 0 Å². The fraction of sp³-hybridized carbons (Fsp3) is 0.389. The highest BCUT2D eigenvalue weighted by atomic mass is 32.2. The third-order valence-electron chi connectivity index (χ3n) is 4.32. The number of carbonyl (C=O) groups excluding carboxylic acids is 1. The first-order valence-corrected chi connectivity index (χ1v) is 11.8. The Balaban J connectivity index is 1.51. The van der Waals surface area contributed by atoms with Gasteiger partial charge in [0.1, 0.15) is 9.96 Å². The number of carbonyl (C=O) groups is 1. The lowest BCUT2D eigenvalue weighted by atomic mass is 10.3. The molecule has 1 amide bonds. The number of thioether (sulfide) groups is 1. The lowest BCUT2D eigenvalue weighted by molar-refractivity contribution is -0.129. The zero-order valence-corrected chi connectivity index (χ0v) is 17.7. The number of hydrogen-bond acceptors (Lipinski definition) is 6. The average Bonchev–Trinajstić information content (AvgIpc) is 3.14. The van der Waals surface area contributed by atoms with Crippen LogP contribution in [0.15, 0.2) is 45.5 Å². The maximum atomic E-state index is 12.7. The topological polar surface area (TPSA) is 66.9 Å². The van der Waals surface area contributed by atoms with Gasteiger partial charge in [-0.3, -0.25) is 4.79 Å². The summed E-state index contributed by atoms with van der Waals surface area (Å²) in [6.07, 6.45) is 0. The highest BCUT2D eigenvalue weighted by Crippen LogP contribution is 2.26. The molecule has 0 spiro atoms. The number of hydrogen-bond donors (Lipinski definition) is 0. The molecule has 0 atom stereocenters. The summed E-state index contributed by atoms with van der Waals surface area (Å²) in [6.45, 7) is 3.40. The van der Waals surface area contributed by atoms with Crippen molar-refractivity contribution in [1.29, 1.82) is 0 Å². The summed E-state index contributed by atoms with van der Waals surface area (Å²) in [7, 11) is -1.84. The number of amides is 1. The molecular formula is C18H22N2O4S3. The number of aryl methyl sites for hydroxylation is 1. The molecule has 146 valence electrons. The number of nitrogens with zero attached hydrogens (tertiary/aromatic N) is 2. The van der Waals surface area contributed by atoms with E-state index in [1.165, 1.54) is 27.4 Å². The summed E-state index contributed by atoms with van der Waals surface area (Å²) in [5.41, 5.74) is 0. The van der Waals surface area contributed by atoms with Crippen molar-refractivity contribution in [1.82, 2.24) is 9.21 Å². The van der Waals surface area contributed by atoms with E-state index < -0.39 is 10.0 Å². The third kappa shape index (κ3) is 4.84. The molecule has 1 aliphatic heterocycles. The predicted molar refractivity (Wildman–Crippen MR) is 108 cm³/mol. The summed E-state index contributed by atoms with van der Waals surface area (Å²) in [5.74, 6) is 1.15. The van der Waals surface area contributed by atoms with Crippen molar-refractivity contribution in [2.24, 2.45) is 0 Å². The molecule has 0 bridgehead atoms. The van der Waals surface area contributed by atoms with Crippen molar-refractivity contribution in [3.63, 3.8) is 0 Å². The van der Waals surface area contributed by atoms with Crippen molar-refractivity contribution in [3.8, 4) is 5.75 Å². The molecule has 1 saturated heterocycles. The Morgan fingerprint density at radius 3 is 2.33 bits per heavy atom. The Labute approximate surface area is 168 Å². The van der Waals surface area contributed by atoms with Crippen LogP contribution in [0, 0.1) is 6.92 Å². The molecule has 27 heavy (non-hydrogen) atoms. The van der Waals surface area contributed by atoms with Gasteiger partial charge in [-0.15, -0.1) is 23.1 Å². The zero-order chi connectivity index (χ0) is 19.4. The zero-order valence-electron chi connectivity index (χ0n) is 15.3. The van der Waals surface area contributed by atoms with E-state index in [1.807, 2.05) is 37.3 Å². The minimum atomic E-state index is -3.46. The predicted octanol–water partition coefficient (Wildman–Crippen LogP) is 2.69. The molecule has 2 aromatic rings. The van der Waals surface area contributed by atoms with Crippen LogP contribution in [0.5, 0.6) is 5.75 Å². The number of piperazine rings is 1. The van der Waals surface area contributed by atoms with E-state index in [0.29, 0.717) is 36.1 Å². The maximum absolute atomic E-state index is 12.7. The Hall–Kier alpha value is -1.55. The second kappa shape index (κ2) is 8.64. The van der Waals surface area contributed by atoms with E-state index in [0.717, 1.165) is 15.5 Å². The van der Waals surface area contributed by atoms with Gasteiger partial charge in [-0.1, -0.05) is 0 Å².